The maximum Gasteiger partial charge on any atom is 0.130 e. The second kappa shape index (κ2) is 7.03. The molecule has 0 aliphatic heterocycles. The summed E-state index contributed by atoms with van der Waals surface area (Å²) in [6.07, 6.45) is 7.13. The fourth-order valence-corrected chi connectivity index (χ4v) is 1.74. The van der Waals surface area contributed by atoms with Gasteiger partial charge in [-0.3, -0.25) is 0 Å². The quantitative estimate of drug-likeness (QED) is 0.747. The fourth-order valence-electron chi connectivity index (χ4n) is 1.74. The lowest BCUT2D eigenvalue weighted by Crippen LogP contribution is -2.24. The van der Waals surface area contributed by atoms with Crippen molar-refractivity contribution in [2.75, 3.05) is 6.54 Å². The fraction of sp³-hybridized carbons (Fsp3) is 0.429. The van der Waals surface area contributed by atoms with E-state index in [4.69, 9.17) is 6.42 Å². The zero-order chi connectivity index (χ0) is 12.7. The van der Waals surface area contributed by atoms with Crippen LogP contribution in [-0.2, 0) is 0 Å². The van der Waals surface area contributed by atoms with Gasteiger partial charge in [0.25, 0.3) is 0 Å². The molecule has 17 heavy (non-hydrogen) atoms. The number of hydrogen-bond acceptors (Lipinski definition) is 1. The van der Waals surface area contributed by atoms with Crippen molar-refractivity contribution in [1.82, 2.24) is 5.32 Å². The van der Waals surface area contributed by atoms with Gasteiger partial charge in [-0.05, 0) is 31.5 Å². The molecule has 0 fully saturated rings. The second-order valence-corrected chi connectivity index (χ2v) is 3.88. The first kappa shape index (κ1) is 13.7. The van der Waals surface area contributed by atoms with Gasteiger partial charge in [-0.15, -0.1) is 12.3 Å². The minimum absolute atomic E-state index is 0.0937. The molecule has 1 aromatic carbocycles. The van der Waals surface area contributed by atoms with Gasteiger partial charge in [0.2, 0.25) is 0 Å². The van der Waals surface area contributed by atoms with Crippen LogP contribution in [0.25, 0.3) is 0 Å². The van der Waals surface area contributed by atoms with E-state index in [2.05, 4.69) is 11.2 Å². The molecule has 0 aliphatic rings. The molecule has 1 rings (SSSR count). The van der Waals surface area contributed by atoms with Gasteiger partial charge in [-0.25, -0.2) is 8.78 Å². The number of hydrogen-bond donors (Lipinski definition) is 1. The first-order valence-corrected chi connectivity index (χ1v) is 5.81. The zero-order valence-electron chi connectivity index (χ0n) is 9.97. The number of rotatable bonds is 6. The Morgan fingerprint density at radius 1 is 1.35 bits per heavy atom. The monoisotopic (exact) mass is 237 g/mol. The molecule has 0 saturated heterocycles. The van der Waals surface area contributed by atoms with Crippen LogP contribution in [0, 0.1) is 24.0 Å². The van der Waals surface area contributed by atoms with Crippen LogP contribution in [0.15, 0.2) is 18.2 Å². The highest BCUT2D eigenvalue weighted by atomic mass is 19.1. The van der Waals surface area contributed by atoms with E-state index in [1.165, 1.54) is 18.2 Å². The Kier molecular flexibility index (Phi) is 5.65. The van der Waals surface area contributed by atoms with Gasteiger partial charge in [0.15, 0.2) is 0 Å². The van der Waals surface area contributed by atoms with Crippen molar-refractivity contribution >= 4 is 0 Å². The van der Waals surface area contributed by atoms with Crippen molar-refractivity contribution in [2.45, 2.75) is 32.2 Å². The van der Waals surface area contributed by atoms with E-state index in [0.29, 0.717) is 19.4 Å². The Bertz CT molecular complexity index is 375. The predicted molar refractivity (Wildman–Crippen MR) is 65.5 cm³/mol. The molecule has 1 aromatic rings. The maximum absolute atomic E-state index is 13.6. The van der Waals surface area contributed by atoms with Gasteiger partial charge in [-0.1, -0.05) is 13.0 Å². The van der Waals surface area contributed by atoms with E-state index < -0.39 is 11.6 Å². The normalized spacial score (nSPS) is 12.1. The van der Waals surface area contributed by atoms with Crippen molar-refractivity contribution < 1.29 is 8.78 Å². The van der Waals surface area contributed by atoms with Gasteiger partial charge in [-0.2, -0.15) is 0 Å². The highest BCUT2D eigenvalue weighted by Gasteiger charge is 2.18. The van der Waals surface area contributed by atoms with E-state index in [-0.39, 0.29) is 11.6 Å². The summed E-state index contributed by atoms with van der Waals surface area (Å²) in [6.45, 7) is 2.71. The Morgan fingerprint density at radius 3 is 2.53 bits per heavy atom. The molecule has 1 unspecified atom stereocenters. The van der Waals surface area contributed by atoms with E-state index >= 15 is 0 Å². The summed E-state index contributed by atoms with van der Waals surface area (Å²) in [5, 5.41) is 3.13. The van der Waals surface area contributed by atoms with Crippen molar-refractivity contribution in [3.05, 3.63) is 35.4 Å². The summed E-state index contributed by atoms with van der Waals surface area (Å²) < 4.78 is 27.2. The number of halogens is 2. The van der Waals surface area contributed by atoms with Crippen molar-refractivity contribution in [1.29, 1.82) is 0 Å². The molecule has 3 heteroatoms. The molecule has 1 nitrogen and oxygen atoms in total. The van der Waals surface area contributed by atoms with Crippen LogP contribution in [0.5, 0.6) is 0 Å². The zero-order valence-corrected chi connectivity index (χ0v) is 9.97. The molecule has 0 radical (unpaired) electrons. The molecule has 1 N–H and O–H groups in total. The number of nitrogens with one attached hydrogen (secondary N) is 1. The minimum Gasteiger partial charge on any atom is -0.310 e. The highest BCUT2D eigenvalue weighted by molar-refractivity contribution is 5.23. The molecule has 0 heterocycles. The van der Waals surface area contributed by atoms with E-state index in [1.54, 1.807) is 0 Å². The summed E-state index contributed by atoms with van der Waals surface area (Å²) in [6, 6.07) is 3.56. The number of terminal acetylenes is 1. The van der Waals surface area contributed by atoms with Crippen molar-refractivity contribution in [3.8, 4) is 12.3 Å². The van der Waals surface area contributed by atoms with E-state index in [0.717, 1.165) is 6.42 Å². The van der Waals surface area contributed by atoms with E-state index in [9.17, 15) is 8.78 Å². The maximum atomic E-state index is 13.6. The van der Waals surface area contributed by atoms with Gasteiger partial charge in [0.05, 0.1) is 0 Å². The van der Waals surface area contributed by atoms with Crippen LogP contribution in [0.4, 0.5) is 8.78 Å². The Labute approximate surface area is 101 Å². The first-order valence-electron chi connectivity index (χ1n) is 5.81. The molecule has 92 valence electrons. The Hall–Kier alpha value is -1.40. The van der Waals surface area contributed by atoms with Crippen molar-refractivity contribution in [3.63, 3.8) is 0 Å². The third-order valence-corrected chi connectivity index (χ3v) is 2.57. The molecular formula is C14H17F2N. The molecule has 0 aromatic heterocycles. The molecule has 0 saturated carbocycles. The van der Waals surface area contributed by atoms with Gasteiger partial charge in [0, 0.05) is 18.0 Å². The summed E-state index contributed by atoms with van der Waals surface area (Å²) >= 11 is 0. The summed E-state index contributed by atoms with van der Waals surface area (Å²) in [5.41, 5.74) is 0.0937. The van der Waals surface area contributed by atoms with Gasteiger partial charge < -0.3 is 5.32 Å². The van der Waals surface area contributed by atoms with Crippen molar-refractivity contribution in [2.24, 2.45) is 0 Å². The van der Waals surface area contributed by atoms with Crippen LogP contribution in [0.1, 0.15) is 37.8 Å². The average Bonchev–Trinajstić information content (AvgIpc) is 2.31. The summed E-state index contributed by atoms with van der Waals surface area (Å²) in [4.78, 5) is 0. The summed E-state index contributed by atoms with van der Waals surface area (Å²) in [5.74, 6) is 1.46. The molecule has 0 bridgehead atoms. The number of benzene rings is 1. The predicted octanol–water partition coefficient (Wildman–Crippen LogP) is 3.42. The smallest absolute Gasteiger partial charge is 0.130 e. The third-order valence-electron chi connectivity index (χ3n) is 2.57. The van der Waals surface area contributed by atoms with Gasteiger partial charge in [0.1, 0.15) is 11.6 Å². The molecular weight excluding hydrogens is 220 g/mol. The molecule has 0 spiro atoms. The lowest BCUT2D eigenvalue weighted by atomic mass is 10.0. The van der Waals surface area contributed by atoms with Crippen LogP contribution in [0.3, 0.4) is 0 Å². The second-order valence-electron chi connectivity index (χ2n) is 3.88. The standard InChI is InChI=1S/C14H17F2N/c1-3-5-9-13(17-10-4-2)14-11(15)7-6-8-12(14)16/h1,6-8,13,17H,4-5,9-10H2,2H3. The third kappa shape index (κ3) is 3.83. The minimum atomic E-state index is -0.518. The molecule has 1 atom stereocenters. The van der Waals surface area contributed by atoms with Crippen LogP contribution in [0.2, 0.25) is 0 Å². The first-order chi connectivity index (χ1) is 8.20. The Morgan fingerprint density at radius 2 is 2.00 bits per heavy atom. The van der Waals surface area contributed by atoms with Crippen LogP contribution < -0.4 is 5.32 Å². The average molecular weight is 237 g/mol. The largest absolute Gasteiger partial charge is 0.310 e. The molecule has 0 aliphatic carbocycles. The topological polar surface area (TPSA) is 12.0 Å². The SMILES string of the molecule is C#CCCC(NCCC)c1c(F)cccc1F. The Balaban J connectivity index is 2.91. The van der Waals surface area contributed by atoms with Crippen LogP contribution in [-0.4, -0.2) is 6.54 Å². The molecule has 0 amide bonds. The highest BCUT2D eigenvalue weighted by Crippen LogP contribution is 2.24. The lowest BCUT2D eigenvalue weighted by Gasteiger charge is -2.19. The van der Waals surface area contributed by atoms with Gasteiger partial charge >= 0.3 is 0 Å². The lowest BCUT2D eigenvalue weighted by molar-refractivity contribution is 0.450. The van der Waals surface area contributed by atoms with Crippen LogP contribution >= 0.6 is 0 Å². The summed E-state index contributed by atoms with van der Waals surface area (Å²) in [7, 11) is 0. The van der Waals surface area contributed by atoms with E-state index in [1.807, 2.05) is 6.92 Å².